The Kier molecular flexibility index (Phi) is 8.44. The smallest absolute Gasteiger partial charge is 0.434 e. The molecule has 44 heavy (non-hydrogen) atoms. The van der Waals surface area contributed by atoms with Crippen molar-refractivity contribution >= 4 is 39.4 Å². The summed E-state index contributed by atoms with van der Waals surface area (Å²) in [5, 5.41) is 12.0. The predicted molar refractivity (Wildman–Crippen MR) is 158 cm³/mol. The Morgan fingerprint density at radius 1 is 1.16 bits per heavy atom. The van der Waals surface area contributed by atoms with Gasteiger partial charge < -0.3 is 14.6 Å². The number of ether oxygens (including phenoxy) is 2. The van der Waals surface area contributed by atoms with Crippen LogP contribution in [0.4, 0.5) is 9.18 Å². The van der Waals surface area contributed by atoms with E-state index in [9.17, 15) is 27.9 Å². The number of halogens is 2. The van der Waals surface area contributed by atoms with Crippen LogP contribution in [-0.2, 0) is 33.4 Å². The van der Waals surface area contributed by atoms with Gasteiger partial charge in [0.15, 0.2) is 17.1 Å². The third-order valence-electron chi connectivity index (χ3n) is 10.7. The maximum absolute atomic E-state index is 17.6. The van der Waals surface area contributed by atoms with Gasteiger partial charge in [0.25, 0.3) is 10.1 Å². The van der Waals surface area contributed by atoms with Crippen LogP contribution in [0.5, 0.6) is 0 Å². The van der Waals surface area contributed by atoms with Crippen LogP contribution in [0.1, 0.15) is 59.8 Å². The fourth-order valence-electron chi connectivity index (χ4n) is 8.65. The summed E-state index contributed by atoms with van der Waals surface area (Å²) in [5.41, 5.74) is -6.11. The van der Waals surface area contributed by atoms with Gasteiger partial charge in [-0.25, -0.2) is 9.18 Å². The van der Waals surface area contributed by atoms with Crippen LogP contribution in [0.15, 0.2) is 53.0 Å². The van der Waals surface area contributed by atoms with Crippen LogP contribution in [-0.4, -0.2) is 61.8 Å². The van der Waals surface area contributed by atoms with E-state index in [1.54, 1.807) is 27.7 Å². The number of carbonyl (C=O) groups is 3. The minimum Gasteiger partial charge on any atom is -0.434 e. The highest BCUT2D eigenvalue weighted by Gasteiger charge is 2.77. The second-order valence-corrected chi connectivity index (χ2v) is 15.0. The van der Waals surface area contributed by atoms with E-state index in [-0.39, 0.29) is 30.1 Å². The normalized spacial score (nSPS) is 37.8. The van der Waals surface area contributed by atoms with E-state index in [0.717, 1.165) is 0 Å². The minimum atomic E-state index is -4.41. The molecule has 0 saturated heterocycles. The van der Waals surface area contributed by atoms with Gasteiger partial charge in [-0.05, 0) is 81.4 Å². The van der Waals surface area contributed by atoms with E-state index in [1.165, 1.54) is 42.5 Å². The largest absolute Gasteiger partial charge is 0.509 e. The Hall–Kier alpha value is -2.60. The Balaban J connectivity index is 1.54. The molecule has 0 amide bonds. The molecule has 0 aromatic heterocycles. The maximum atomic E-state index is 17.6. The lowest BCUT2D eigenvalue weighted by molar-refractivity contribution is -0.221. The van der Waals surface area contributed by atoms with Gasteiger partial charge in [0.05, 0.1) is 17.6 Å². The topological polar surface area (TPSA) is 133 Å². The standard InChI is InChI=1S/C32H38ClFO9S/c1-5-14-41-28(38)43-32(27(37)18-42-44(39,40)23-9-7-21(33)8-10-23)19(2)15-25-24-11-6-20-16-22(35)12-13-29(20,3)31(24,34)26(36)17-30(25,32)4/h7-10,12-13,16,19,24-26,36H,5-6,11,14-15,17-18H2,1-4H3/t19-,24+,25+,26+,29+,30+,31+,32+/m1/s1. The molecule has 0 spiro atoms. The van der Waals surface area contributed by atoms with Crippen molar-refractivity contribution < 1.29 is 46.0 Å². The Labute approximate surface area is 261 Å². The van der Waals surface area contributed by atoms with Gasteiger partial charge in [0.2, 0.25) is 5.78 Å². The average molecular weight is 653 g/mol. The van der Waals surface area contributed by atoms with Crippen molar-refractivity contribution in [1.82, 2.24) is 0 Å². The number of ketones is 2. The molecule has 3 saturated carbocycles. The molecule has 0 bridgehead atoms. The van der Waals surface area contributed by atoms with Crippen LogP contribution < -0.4 is 0 Å². The lowest BCUT2D eigenvalue weighted by Crippen LogP contribution is -2.70. The van der Waals surface area contributed by atoms with Crippen molar-refractivity contribution in [2.45, 2.75) is 82.1 Å². The molecule has 1 aromatic rings. The number of hydrogen-bond donors (Lipinski definition) is 1. The molecule has 8 atom stereocenters. The van der Waals surface area contributed by atoms with Crippen molar-refractivity contribution in [1.29, 1.82) is 0 Å². The van der Waals surface area contributed by atoms with Crippen LogP contribution in [0.2, 0.25) is 5.02 Å². The molecular formula is C32H38ClFO9S. The average Bonchev–Trinajstić information content (AvgIpc) is 3.18. The van der Waals surface area contributed by atoms with Gasteiger partial charge in [-0.3, -0.25) is 13.8 Å². The number of rotatable bonds is 8. The van der Waals surface area contributed by atoms with E-state index in [2.05, 4.69) is 0 Å². The second kappa shape index (κ2) is 11.3. The van der Waals surface area contributed by atoms with Crippen molar-refractivity contribution in [3.8, 4) is 0 Å². The first kappa shape index (κ1) is 32.8. The lowest BCUT2D eigenvalue weighted by atomic mass is 9.44. The quantitative estimate of drug-likeness (QED) is 0.284. The molecule has 1 N–H and O–H groups in total. The number of aliphatic hydroxyl groups is 1. The summed E-state index contributed by atoms with van der Waals surface area (Å²) in [6.45, 7) is 5.92. The number of carbonyl (C=O) groups excluding carboxylic acids is 3. The zero-order valence-corrected chi connectivity index (χ0v) is 26.8. The summed E-state index contributed by atoms with van der Waals surface area (Å²) >= 11 is 5.88. The Bertz CT molecular complexity index is 1520. The zero-order valence-electron chi connectivity index (χ0n) is 25.2. The van der Waals surface area contributed by atoms with Crippen molar-refractivity contribution in [2.24, 2.45) is 28.6 Å². The van der Waals surface area contributed by atoms with E-state index >= 15 is 4.39 Å². The highest BCUT2D eigenvalue weighted by Crippen LogP contribution is 2.71. The molecule has 4 aliphatic rings. The molecule has 0 unspecified atom stereocenters. The summed E-state index contributed by atoms with van der Waals surface area (Å²) in [7, 11) is -4.41. The fraction of sp³-hybridized carbons (Fsp3) is 0.594. The monoisotopic (exact) mass is 652 g/mol. The van der Waals surface area contributed by atoms with Crippen molar-refractivity contribution in [3.05, 3.63) is 53.1 Å². The van der Waals surface area contributed by atoms with Gasteiger partial charge in [0.1, 0.15) is 6.61 Å². The summed E-state index contributed by atoms with van der Waals surface area (Å²) < 4.78 is 59.9. The Morgan fingerprint density at radius 3 is 2.50 bits per heavy atom. The third kappa shape index (κ3) is 4.77. The van der Waals surface area contributed by atoms with E-state index in [4.69, 9.17) is 25.3 Å². The van der Waals surface area contributed by atoms with Crippen LogP contribution in [0.25, 0.3) is 0 Å². The molecule has 0 aliphatic heterocycles. The molecule has 0 radical (unpaired) electrons. The van der Waals surface area contributed by atoms with Crippen molar-refractivity contribution in [2.75, 3.05) is 13.2 Å². The van der Waals surface area contributed by atoms with Gasteiger partial charge in [0, 0.05) is 27.7 Å². The number of Topliss-reactive ketones (excluding diaryl/α,β-unsaturated/α-hetero) is 1. The van der Waals surface area contributed by atoms with Crippen LogP contribution >= 0.6 is 11.6 Å². The lowest BCUT2D eigenvalue weighted by Gasteiger charge is -2.62. The van der Waals surface area contributed by atoms with Gasteiger partial charge in [-0.2, -0.15) is 8.42 Å². The number of benzene rings is 1. The molecule has 12 heteroatoms. The maximum Gasteiger partial charge on any atom is 0.509 e. The summed E-state index contributed by atoms with van der Waals surface area (Å²) in [6.07, 6.45) is 2.77. The first-order valence-electron chi connectivity index (χ1n) is 14.9. The summed E-state index contributed by atoms with van der Waals surface area (Å²) in [6, 6.07) is 5.22. The molecule has 1 aromatic carbocycles. The Morgan fingerprint density at radius 2 is 1.84 bits per heavy atom. The third-order valence-corrected chi connectivity index (χ3v) is 12.2. The van der Waals surface area contributed by atoms with E-state index in [1.807, 2.05) is 0 Å². The number of alkyl halides is 1. The predicted octanol–water partition coefficient (Wildman–Crippen LogP) is 5.53. The molecule has 0 heterocycles. The summed E-state index contributed by atoms with van der Waals surface area (Å²) in [4.78, 5) is 39.2. The SMILES string of the molecule is CCCOC(=O)O[C@]1(C(=O)COS(=O)(=O)c2ccc(Cl)cc2)[C@H](C)C[C@H]2[C@@H]3CCC4=CC(=O)C=C[C@]4(C)[C@@]3(F)[C@@H](O)C[C@@]21C. The first-order valence-corrected chi connectivity index (χ1v) is 16.7. The minimum absolute atomic E-state index is 0.0242. The first-order chi connectivity index (χ1) is 20.6. The highest BCUT2D eigenvalue weighted by atomic mass is 35.5. The van der Waals surface area contributed by atoms with Gasteiger partial charge in [-0.1, -0.05) is 44.0 Å². The highest BCUT2D eigenvalue weighted by molar-refractivity contribution is 7.86. The van der Waals surface area contributed by atoms with E-state index in [0.29, 0.717) is 29.9 Å². The second-order valence-electron chi connectivity index (χ2n) is 12.9. The molecule has 5 rings (SSSR count). The zero-order chi connectivity index (χ0) is 32.3. The van der Waals surface area contributed by atoms with Crippen molar-refractivity contribution in [3.63, 3.8) is 0 Å². The van der Waals surface area contributed by atoms with Gasteiger partial charge >= 0.3 is 6.16 Å². The number of hydrogen-bond acceptors (Lipinski definition) is 9. The molecular weight excluding hydrogens is 615 g/mol. The fourth-order valence-corrected chi connectivity index (χ4v) is 9.65. The molecule has 9 nitrogen and oxygen atoms in total. The van der Waals surface area contributed by atoms with Gasteiger partial charge in [-0.15, -0.1) is 0 Å². The number of fused-ring (bicyclic) bond motifs is 5. The van der Waals surface area contributed by atoms with Crippen LogP contribution in [0.3, 0.4) is 0 Å². The van der Waals surface area contributed by atoms with E-state index < -0.39 is 74.6 Å². The number of aliphatic hydroxyl groups excluding tert-OH is 1. The molecule has 3 fully saturated rings. The molecule has 240 valence electrons. The number of allylic oxidation sites excluding steroid dienone is 4. The van der Waals surface area contributed by atoms with Crippen LogP contribution in [0, 0.1) is 28.6 Å². The summed E-state index contributed by atoms with van der Waals surface area (Å²) in [5.74, 6) is -3.08. The molecule has 4 aliphatic carbocycles.